The topological polar surface area (TPSA) is 107 Å². The van der Waals surface area contributed by atoms with Crippen molar-refractivity contribution in [3.8, 4) is 6.07 Å². The first-order valence-electron chi connectivity index (χ1n) is 6.95. The molecule has 2 rings (SSSR count). The van der Waals surface area contributed by atoms with Crippen LogP contribution in [0.15, 0.2) is 9.59 Å². The number of aromatic nitrogens is 4. The number of fused-ring (bicyclic) bond motifs is 1. The molecule has 0 bridgehead atoms. The predicted molar refractivity (Wildman–Crippen MR) is 79.0 cm³/mol. The Morgan fingerprint density at radius 1 is 1.29 bits per heavy atom. The number of hydrogen-bond donors (Lipinski definition) is 2. The van der Waals surface area contributed by atoms with Crippen LogP contribution >= 0.6 is 0 Å². The number of imidazole rings is 1. The van der Waals surface area contributed by atoms with Gasteiger partial charge in [0.05, 0.1) is 11.5 Å². The molecule has 0 saturated heterocycles. The SMILES string of the molecule is Cc1nc2c([nH]1)c(=O)[nH]c(=O)n2CCCCC(C)(C)C#N. The smallest absolute Gasteiger partial charge is 0.330 e. The molecule has 7 heteroatoms. The Kier molecular flexibility index (Phi) is 3.98. The second-order valence-corrected chi connectivity index (χ2v) is 5.88. The summed E-state index contributed by atoms with van der Waals surface area (Å²) in [6.07, 6.45) is 2.35. The van der Waals surface area contributed by atoms with Crippen LogP contribution in [0.2, 0.25) is 0 Å². The van der Waals surface area contributed by atoms with Crippen molar-refractivity contribution >= 4 is 11.2 Å². The molecule has 0 aliphatic rings. The molecule has 0 spiro atoms. The van der Waals surface area contributed by atoms with E-state index in [2.05, 4.69) is 21.0 Å². The molecule has 0 radical (unpaired) electrons. The highest BCUT2D eigenvalue weighted by Gasteiger charge is 2.16. The maximum Gasteiger partial charge on any atom is 0.330 e. The van der Waals surface area contributed by atoms with Gasteiger partial charge in [-0.05, 0) is 33.6 Å². The van der Waals surface area contributed by atoms with E-state index in [-0.39, 0.29) is 5.41 Å². The zero-order valence-corrected chi connectivity index (χ0v) is 12.5. The Morgan fingerprint density at radius 2 is 2.00 bits per heavy atom. The van der Waals surface area contributed by atoms with Gasteiger partial charge in [-0.2, -0.15) is 5.26 Å². The summed E-state index contributed by atoms with van der Waals surface area (Å²) >= 11 is 0. The largest absolute Gasteiger partial charge is 0.336 e. The van der Waals surface area contributed by atoms with Crippen molar-refractivity contribution in [3.63, 3.8) is 0 Å². The van der Waals surface area contributed by atoms with Crippen LogP contribution in [0.1, 0.15) is 38.9 Å². The zero-order chi connectivity index (χ0) is 15.6. The molecule has 0 unspecified atom stereocenters. The number of aryl methyl sites for hydroxylation is 2. The lowest BCUT2D eigenvalue weighted by Crippen LogP contribution is -2.30. The molecule has 112 valence electrons. The van der Waals surface area contributed by atoms with E-state index in [1.807, 2.05) is 13.8 Å². The quantitative estimate of drug-likeness (QED) is 0.812. The molecular formula is C14H19N5O2. The van der Waals surface area contributed by atoms with Gasteiger partial charge in [-0.25, -0.2) is 9.78 Å². The number of nitrogens with one attached hydrogen (secondary N) is 2. The van der Waals surface area contributed by atoms with Gasteiger partial charge in [0.2, 0.25) is 0 Å². The van der Waals surface area contributed by atoms with Crippen molar-refractivity contribution in [2.75, 3.05) is 0 Å². The minimum absolute atomic E-state index is 0.324. The summed E-state index contributed by atoms with van der Waals surface area (Å²) in [5.74, 6) is 0.598. The van der Waals surface area contributed by atoms with Crippen LogP contribution < -0.4 is 11.2 Å². The molecule has 21 heavy (non-hydrogen) atoms. The number of hydrogen-bond acceptors (Lipinski definition) is 4. The summed E-state index contributed by atoms with van der Waals surface area (Å²) in [6.45, 7) is 6.00. The number of H-pyrrole nitrogens is 2. The van der Waals surface area contributed by atoms with E-state index < -0.39 is 11.2 Å². The Morgan fingerprint density at radius 3 is 2.67 bits per heavy atom. The molecule has 0 atom stereocenters. The third kappa shape index (κ3) is 3.21. The minimum atomic E-state index is -0.447. The molecule has 0 aliphatic heterocycles. The zero-order valence-electron chi connectivity index (χ0n) is 12.5. The van der Waals surface area contributed by atoms with E-state index in [1.165, 1.54) is 4.57 Å². The minimum Gasteiger partial charge on any atom is -0.336 e. The molecule has 0 saturated carbocycles. The lowest BCUT2D eigenvalue weighted by molar-refractivity contribution is 0.416. The first kappa shape index (κ1) is 15.0. The molecule has 2 N–H and O–H groups in total. The van der Waals surface area contributed by atoms with Gasteiger partial charge in [0.1, 0.15) is 11.3 Å². The Balaban J connectivity index is 2.18. The fraction of sp³-hybridized carbons (Fsp3) is 0.571. The van der Waals surface area contributed by atoms with Crippen LogP contribution in [-0.2, 0) is 6.54 Å². The normalized spacial score (nSPS) is 11.7. The second kappa shape index (κ2) is 5.56. The summed E-state index contributed by atoms with van der Waals surface area (Å²) in [7, 11) is 0. The maximum absolute atomic E-state index is 11.9. The molecule has 0 amide bonds. The van der Waals surface area contributed by atoms with Gasteiger partial charge < -0.3 is 4.98 Å². The fourth-order valence-corrected chi connectivity index (χ4v) is 2.26. The molecule has 0 aliphatic carbocycles. The highest BCUT2D eigenvalue weighted by molar-refractivity contribution is 5.69. The van der Waals surface area contributed by atoms with Crippen LogP contribution in [0.4, 0.5) is 0 Å². The van der Waals surface area contributed by atoms with Gasteiger partial charge >= 0.3 is 5.69 Å². The molecule has 2 aromatic rings. The van der Waals surface area contributed by atoms with Crippen molar-refractivity contribution in [3.05, 3.63) is 26.7 Å². The highest BCUT2D eigenvalue weighted by Crippen LogP contribution is 2.21. The van der Waals surface area contributed by atoms with Crippen molar-refractivity contribution in [1.82, 2.24) is 19.5 Å². The van der Waals surface area contributed by atoms with Crippen LogP contribution in [-0.4, -0.2) is 19.5 Å². The van der Waals surface area contributed by atoms with Crippen LogP contribution in [0.25, 0.3) is 11.2 Å². The van der Waals surface area contributed by atoms with Crippen LogP contribution in [0.3, 0.4) is 0 Å². The Hall–Kier alpha value is -2.36. The highest BCUT2D eigenvalue weighted by atomic mass is 16.2. The Bertz CT molecular complexity index is 803. The summed E-state index contributed by atoms with van der Waals surface area (Å²) in [6, 6.07) is 2.26. The fourth-order valence-electron chi connectivity index (χ4n) is 2.26. The third-order valence-corrected chi connectivity index (χ3v) is 3.49. The summed E-state index contributed by atoms with van der Waals surface area (Å²) in [4.78, 5) is 33.0. The summed E-state index contributed by atoms with van der Waals surface area (Å²) in [5.41, 5.74) is -0.532. The van der Waals surface area contributed by atoms with E-state index in [9.17, 15) is 9.59 Å². The van der Waals surface area contributed by atoms with E-state index in [4.69, 9.17) is 5.26 Å². The predicted octanol–water partition coefficient (Wildman–Crippen LogP) is 1.44. The standard InChI is InChI=1S/C14H19N5O2/c1-9-16-10-11(17-9)19(13(21)18-12(10)20)7-5-4-6-14(2,3)8-15/h4-7H2,1-3H3,(H,16,17)(H,18,20,21). The monoisotopic (exact) mass is 289 g/mol. The van der Waals surface area contributed by atoms with Crippen molar-refractivity contribution in [1.29, 1.82) is 5.26 Å². The molecule has 2 heterocycles. The average molecular weight is 289 g/mol. The van der Waals surface area contributed by atoms with Crippen molar-refractivity contribution in [2.24, 2.45) is 5.41 Å². The number of nitrogens with zero attached hydrogens (tertiary/aromatic N) is 3. The summed E-state index contributed by atoms with van der Waals surface area (Å²) < 4.78 is 1.47. The molecular weight excluding hydrogens is 270 g/mol. The number of unbranched alkanes of at least 4 members (excludes halogenated alkanes) is 1. The average Bonchev–Trinajstić information content (AvgIpc) is 2.80. The second-order valence-electron chi connectivity index (χ2n) is 5.88. The van der Waals surface area contributed by atoms with Crippen molar-refractivity contribution < 1.29 is 0 Å². The maximum atomic E-state index is 11.9. The number of nitriles is 1. The van der Waals surface area contributed by atoms with Crippen LogP contribution in [0, 0.1) is 23.7 Å². The summed E-state index contributed by atoms with van der Waals surface area (Å²) in [5, 5.41) is 8.97. The van der Waals surface area contributed by atoms with Gasteiger partial charge in [0.25, 0.3) is 5.56 Å². The number of rotatable bonds is 5. The lowest BCUT2D eigenvalue weighted by Gasteiger charge is -2.14. The van der Waals surface area contributed by atoms with E-state index in [1.54, 1.807) is 6.92 Å². The van der Waals surface area contributed by atoms with Gasteiger partial charge in [0, 0.05) is 6.54 Å². The molecule has 0 aromatic carbocycles. The van der Waals surface area contributed by atoms with Crippen molar-refractivity contribution in [2.45, 2.75) is 46.6 Å². The van der Waals surface area contributed by atoms with Gasteiger partial charge in [-0.3, -0.25) is 14.3 Å². The first-order valence-corrected chi connectivity index (χ1v) is 6.95. The van der Waals surface area contributed by atoms with Gasteiger partial charge in [-0.15, -0.1) is 0 Å². The molecule has 2 aromatic heterocycles. The van der Waals surface area contributed by atoms with Gasteiger partial charge in [-0.1, -0.05) is 6.42 Å². The van der Waals surface area contributed by atoms with E-state index in [0.717, 1.165) is 19.3 Å². The van der Waals surface area contributed by atoms with Gasteiger partial charge in [0.15, 0.2) is 5.65 Å². The third-order valence-electron chi connectivity index (χ3n) is 3.49. The lowest BCUT2D eigenvalue weighted by atomic mass is 9.89. The van der Waals surface area contributed by atoms with E-state index >= 15 is 0 Å². The first-order chi connectivity index (χ1) is 9.84. The number of aromatic amines is 2. The van der Waals surface area contributed by atoms with E-state index in [0.29, 0.717) is 23.5 Å². The molecule has 7 nitrogen and oxygen atoms in total. The van der Waals surface area contributed by atoms with Crippen LogP contribution in [0.5, 0.6) is 0 Å². The Labute approximate surface area is 121 Å². The molecule has 0 fully saturated rings.